The summed E-state index contributed by atoms with van der Waals surface area (Å²) in [6.07, 6.45) is 30.2. The molecule has 0 amide bonds. The van der Waals surface area contributed by atoms with Crippen LogP contribution in [0.25, 0.3) is 0 Å². The molecule has 63 heavy (non-hydrogen) atoms. The number of hydrogen-bond donors (Lipinski definition) is 8. The second-order valence-corrected chi connectivity index (χ2v) is 14.7. The van der Waals surface area contributed by atoms with Gasteiger partial charge in [-0.25, -0.2) is 0 Å². The zero-order valence-corrected chi connectivity index (χ0v) is 37.0. The Morgan fingerprint density at radius 1 is 0.556 bits per heavy atom. The Morgan fingerprint density at radius 2 is 1.03 bits per heavy atom. The molecule has 1 heterocycles. The Balaban J connectivity index is 2.55. The van der Waals surface area contributed by atoms with Gasteiger partial charge >= 0.3 is 11.9 Å². The zero-order chi connectivity index (χ0) is 46.5. The van der Waals surface area contributed by atoms with Crippen molar-refractivity contribution in [3.05, 3.63) is 122 Å². The number of unbranched alkanes of at least 4 members (excludes halogenated alkanes) is 2. The van der Waals surface area contributed by atoms with E-state index in [1.165, 1.54) is 12.2 Å². The Hall–Kier alpha value is -4.06. The predicted octanol–water partition coefficient (Wildman–Crippen LogP) is 4.98. The van der Waals surface area contributed by atoms with Gasteiger partial charge in [0.1, 0.15) is 55.4 Å². The molecule has 0 aliphatic carbocycles. The lowest BCUT2D eigenvalue weighted by molar-refractivity contribution is -0.305. The Labute approximate surface area is 373 Å². The summed E-state index contributed by atoms with van der Waals surface area (Å²) in [5.41, 5.74) is 0. The molecule has 14 heteroatoms. The molecule has 0 aromatic heterocycles. The van der Waals surface area contributed by atoms with Crippen molar-refractivity contribution in [3.63, 3.8) is 0 Å². The first-order valence-electron chi connectivity index (χ1n) is 22.0. The summed E-state index contributed by atoms with van der Waals surface area (Å²) in [6.45, 7) is 2.70. The van der Waals surface area contributed by atoms with Gasteiger partial charge in [-0.3, -0.25) is 9.59 Å². The lowest BCUT2D eigenvalue weighted by Gasteiger charge is -2.39. The normalized spacial score (nSPS) is 22.7. The third-order valence-corrected chi connectivity index (χ3v) is 9.23. The van der Waals surface area contributed by atoms with Gasteiger partial charge in [0.05, 0.1) is 13.2 Å². The maximum absolute atomic E-state index is 12.8. The van der Waals surface area contributed by atoms with E-state index in [4.69, 9.17) is 18.9 Å². The minimum atomic E-state index is -1.67. The summed E-state index contributed by atoms with van der Waals surface area (Å²) >= 11 is 0. The van der Waals surface area contributed by atoms with Crippen LogP contribution in [0.3, 0.4) is 0 Å². The lowest BCUT2D eigenvalue weighted by Crippen LogP contribution is -2.59. The third kappa shape index (κ3) is 28.4. The van der Waals surface area contributed by atoms with E-state index in [-0.39, 0.29) is 26.1 Å². The van der Waals surface area contributed by atoms with Crippen LogP contribution in [-0.2, 0) is 28.5 Å². The highest BCUT2D eigenvalue weighted by molar-refractivity contribution is 5.70. The van der Waals surface area contributed by atoms with E-state index in [2.05, 4.69) is 0 Å². The van der Waals surface area contributed by atoms with Crippen LogP contribution in [0.15, 0.2) is 122 Å². The molecule has 0 bridgehead atoms. The molecule has 1 aliphatic heterocycles. The maximum atomic E-state index is 12.8. The van der Waals surface area contributed by atoms with Crippen molar-refractivity contribution in [2.45, 2.75) is 152 Å². The van der Waals surface area contributed by atoms with E-state index in [0.717, 1.165) is 12.8 Å². The Morgan fingerprint density at radius 3 is 1.54 bits per heavy atom. The highest BCUT2D eigenvalue weighted by Crippen LogP contribution is 2.22. The first-order valence-corrected chi connectivity index (χ1v) is 22.0. The fraction of sp³-hybridized carbons (Fsp3) is 0.551. The van der Waals surface area contributed by atoms with Gasteiger partial charge < -0.3 is 59.8 Å². The van der Waals surface area contributed by atoms with Crippen LogP contribution >= 0.6 is 0 Å². The van der Waals surface area contributed by atoms with E-state index in [1.54, 1.807) is 48.6 Å². The topological polar surface area (TPSA) is 233 Å². The minimum absolute atomic E-state index is 0.0505. The maximum Gasteiger partial charge on any atom is 0.306 e. The van der Waals surface area contributed by atoms with Crippen molar-refractivity contribution < 1.29 is 69.4 Å². The van der Waals surface area contributed by atoms with Crippen molar-refractivity contribution in [1.29, 1.82) is 0 Å². The molecule has 1 aliphatic rings. The molecule has 1 rings (SSSR count). The molecule has 354 valence electrons. The van der Waals surface area contributed by atoms with Gasteiger partial charge in [-0.2, -0.15) is 0 Å². The molecule has 0 spiro atoms. The average Bonchev–Trinajstić information content (AvgIpc) is 3.27. The van der Waals surface area contributed by atoms with Gasteiger partial charge in [0.25, 0.3) is 0 Å². The van der Waals surface area contributed by atoms with E-state index in [9.17, 15) is 50.4 Å². The Bertz CT molecular complexity index is 1510. The van der Waals surface area contributed by atoms with Crippen molar-refractivity contribution in [2.24, 2.45) is 0 Å². The number of esters is 2. The van der Waals surface area contributed by atoms with Crippen molar-refractivity contribution in [1.82, 2.24) is 0 Å². The van der Waals surface area contributed by atoms with E-state index in [1.807, 2.05) is 74.6 Å². The molecule has 0 saturated carbocycles. The summed E-state index contributed by atoms with van der Waals surface area (Å²) in [5.74, 6) is -1.10. The van der Waals surface area contributed by atoms with Crippen LogP contribution < -0.4 is 0 Å². The van der Waals surface area contributed by atoms with Gasteiger partial charge in [0.15, 0.2) is 12.4 Å². The summed E-state index contributed by atoms with van der Waals surface area (Å²) in [7, 11) is 0. The number of hydrogen-bond acceptors (Lipinski definition) is 14. The molecule has 8 N–H and O–H groups in total. The quantitative estimate of drug-likeness (QED) is 0.0188. The minimum Gasteiger partial charge on any atom is -0.462 e. The molecule has 1 fully saturated rings. The molecular formula is C49H74O14. The highest BCUT2D eigenvalue weighted by Gasteiger charge is 2.44. The summed E-state index contributed by atoms with van der Waals surface area (Å²) in [5, 5.41) is 80.2. The SMILES string of the molecule is CC/C=C\C/C=C\[C@H](O)[C@H](O)/C=C/C=C\C/C=C\CCCC(=O)OC[C@H](CO[C@@H]1O[C@H](CO)[C@H](O)[C@H](O)[C@H]1O)OC(=O)CCC/C=C\C/C=C\C=C\[C@@H](O)[C@@H](O)/C=C\C/C=C\CC. The number of carbonyl (C=O) groups excluding carboxylic acids is 2. The van der Waals surface area contributed by atoms with Gasteiger partial charge in [-0.15, -0.1) is 0 Å². The van der Waals surface area contributed by atoms with Crippen LogP contribution in [0.1, 0.15) is 90.9 Å². The van der Waals surface area contributed by atoms with Crippen LogP contribution in [0.4, 0.5) is 0 Å². The van der Waals surface area contributed by atoms with Crippen LogP contribution in [0.2, 0.25) is 0 Å². The molecule has 10 atom stereocenters. The Kier molecular flexibility index (Phi) is 33.7. The van der Waals surface area contributed by atoms with Crippen LogP contribution in [-0.4, -0.2) is 134 Å². The number of carbonyl (C=O) groups is 2. The average molecular weight is 887 g/mol. The van der Waals surface area contributed by atoms with Gasteiger partial charge in [-0.05, 0) is 64.2 Å². The van der Waals surface area contributed by atoms with E-state index >= 15 is 0 Å². The monoisotopic (exact) mass is 887 g/mol. The highest BCUT2D eigenvalue weighted by atomic mass is 16.7. The smallest absolute Gasteiger partial charge is 0.306 e. The third-order valence-electron chi connectivity index (χ3n) is 9.23. The number of rotatable bonds is 33. The molecule has 0 aromatic carbocycles. The van der Waals surface area contributed by atoms with Crippen LogP contribution in [0, 0.1) is 0 Å². The fourth-order valence-corrected chi connectivity index (χ4v) is 5.58. The first-order chi connectivity index (χ1) is 30.4. The second-order valence-electron chi connectivity index (χ2n) is 14.7. The number of ether oxygens (including phenoxy) is 4. The molecule has 14 nitrogen and oxygen atoms in total. The van der Waals surface area contributed by atoms with Crippen molar-refractivity contribution in [3.8, 4) is 0 Å². The molecule has 0 radical (unpaired) electrons. The summed E-state index contributed by atoms with van der Waals surface area (Å²) in [6, 6.07) is 0. The van der Waals surface area contributed by atoms with E-state index < -0.39 is 79.8 Å². The van der Waals surface area contributed by atoms with Gasteiger partial charge in [0.2, 0.25) is 0 Å². The molecule has 0 unspecified atom stereocenters. The van der Waals surface area contributed by atoms with Gasteiger partial charge in [-0.1, -0.05) is 135 Å². The number of aliphatic hydroxyl groups excluding tert-OH is 8. The fourth-order valence-electron chi connectivity index (χ4n) is 5.58. The number of aliphatic hydroxyl groups is 8. The van der Waals surface area contributed by atoms with Crippen molar-refractivity contribution >= 4 is 11.9 Å². The standard InChI is InChI=1S/C49H74O14/c1-3-5-7-17-23-29-39(51)41(53)31-25-19-13-9-11-15-21-27-33-44(55)60-36-38(37-61-49-48(59)47(58)46(57)43(35-50)63-49)62-45(56)34-28-22-16-12-10-14-20-26-32-42(54)40(52)30-24-18-8-6-4-2/h5-8,11-16,19-20,23-26,29-32,38-43,46-54,57-59H,3-4,9-10,17-18,21-22,27-28,33-37H2,1-2H3/b7-5-,8-6-,15-11-,16-12-,19-13-,20-14-,29-23-,30-24-,31-25+,32-26+/t38-,39+,40+,41-,42-,43-,46+,47+,48-,49-/m1/s1. The van der Waals surface area contributed by atoms with Crippen LogP contribution in [0.5, 0.6) is 0 Å². The largest absolute Gasteiger partial charge is 0.462 e. The summed E-state index contributed by atoms with van der Waals surface area (Å²) < 4.78 is 21.9. The van der Waals surface area contributed by atoms with Gasteiger partial charge in [0, 0.05) is 12.8 Å². The molecular weight excluding hydrogens is 813 g/mol. The lowest BCUT2D eigenvalue weighted by atomic mass is 9.99. The van der Waals surface area contributed by atoms with E-state index in [0.29, 0.717) is 51.4 Å². The first kappa shape index (κ1) is 57.0. The van der Waals surface area contributed by atoms with Crippen molar-refractivity contribution in [2.75, 3.05) is 19.8 Å². The molecule has 0 aromatic rings. The predicted molar refractivity (Wildman–Crippen MR) is 243 cm³/mol. The number of allylic oxidation sites excluding steroid dienone is 16. The zero-order valence-electron chi connectivity index (χ0n) is 37.0. The molecule has 1 saturated heterocycles. The second kappa shape index (κ2) is 37.3. The summed E-state index contributed by atoms with van der Waals surface area (Å²) in [4.78, 5) is 25.3.